The first-order valence-corrected chi connectivity index (χ1v) is 8.17. The highest BCUT2D eigenvalue weighted by molar-refractivity contribution is 6.35. The molecule has 0 aliphatic rings. The summed E-state index contributed by atoms with van der Waals surface area (Å²) in [7, 11) is 17.6. The van der Waals surface area contributed by atoms with E-state index in [4.69, 9.17) is 23.5 Å². The smallest absolute Gasteiger partial charge is 0.0966 e. The Hall–Kier alpha value is -3.03. The minimum Gasteiger partial charge on any atom is -0.0966 e. The summed E-state index contributed by atoms with van der Waals surface area (Å²) >= 11 is 0. The van der Waals surface area contributed by atoms with Crippen molar-refractivity contribution < 1.29 is 0 Å². The van der Waals surface area contributed by atoms with E-state index in [0.29, 0.717) is 5.46 Å². The van der Waals surface area contributed by atoms with Crippen LogP contribution in [0.15, 0.2) is 60.7 Å². The van der Waals surface area contributed by atoms with Crippen LogP contribution >= 0.6 is 0 Å². The molecule has 0 aliphatic carbocycles. The molecule has 0 bridgehead atoms. The zero-order valence-corrected chi connectivity index (χ0v) is 14.5. The fourth-order valence-corrected chi connectivity index (χ4v) is 2.38. The molecule has 26 heavy (non-hydrogen) atoms. The first kappa shape index (κ1) is 17.8. The molecule has 3 aromatic carbocycles. The maximum absolute atomic E-state index is 6.25. The molecule has 0 amide bonds. The standard InChI is InChI=1S/C23H13B3/c1-16-19(8-2-17-4-12-21(24)13-5-17)10-11-20(23(16)26)9-3-18-6-14-22(25)15-7-18/h4-7,10-15H,1H3. The van der Waals surface area contributed by atoms with Crippen LogP contribution in [0, 0.1) is 30.6 Å². The Labute approximate surface area is 159 Å². The van der Waals surface area contributed by atoms with Gasteiger partial charge in [0.15, 0.2) is 0 Å². The molecule has 3 heteroatoms. The number of rotatable bonds is 0. The Kier molecular flexibility index (Phi) is 5.41. The summed E-state index contributed by atoms with van der Waals surface area (Å²) in [5.41, 5.74) is 6.49. The van der Waals surface area contributed by atoms with Crippen LogP contribution in [-0.4, -0.2) is 23.5 Å². The van der Waals surface area contributed by atoms with Gasteiger partial charge in [0.1, 0.15) is 23.5 Å². The van der Waals surface area contributed by atoms with Gasteiger partial charge in [-0.3, -0.25) is 0 Å². The number of hydrogen-bond donors (Lipinski definition) is 0. The number of benzene rings is 3. The van der Waals surface area contributed by atoms with Gasteiger partial charge in [-0.1, -0.05) is 64.3 Å². The second kappa shape index (κ2) is 7.90. The molecule has 0 heterocycles. The molecule has 0 nitrogen and oxygen atoms in total. The first-order valence-electron chi connectivity index (χ1n) is 8.17. The first-order chi connectivity index (χ1) is 12.5. The Morgan fingerprint density at radius 3 is 1.46 bits per heavy atom. The van der Waals surface area contributed by atoms with E-state index in [0.717, 1.165) is 38.7 Å². The van der Waals surface area contributed by atoms with Crippen molar-refractivity contribution in [1.29, 1.82) is 0 Å². The molecule has 3 rings (SSSR count). The summed E-state index contributed by atoms with van der Waals surface area (Å²) in [5.74, 6) is 12.5. The third-order valence-electron chi connectivity index (χ3n) is 4.02. The molecule has 0 aromatic heterocycles. The van der Waals surface area contributed by atoms with Crippen LogP contribution < -0.4 is 16.4 Å². The fourth-order valence-electron chi connectivity index (χ4n) is 2.38. The van der Waals surface area contributed by atoms with Gasteiger partial charge in [0.25, 0.3) is 0 Å². The summed E-state index contributed by atoms with van der Waals surface area (Å²) in [6.07, 6.45) is 0. The van der Waals surface area contributed by atoms with Gasteiger partial charge in [-0.25, -0.2) is 0 Å². The van der Waals surface area contributed by atoms with Gasteiger partial charge in [-0.15, -0.1) is 0 Å². The van der Waals surface area contributed by atoms with Gasteiger partial charge in [-0.05, 0) is 48.9 Å². The fraction of sp³-hybridized carbons (Fsp3) is 0.0435. The van der Waals surface area contributed by atoms with Crippen molar-refractivity contribution in [3.63, 3.8) is 0 Å². The lowest BCUT2D eigenvalue weighted by Gasteiger charge is -2.06. The van der Waals surface area contributed by atoms with E-state index in [1.807, 2.05) is 67.6 Å². The monoisotopic (exact) mass is 322 g/mol. The van der Waals surface area contributed by atoms with E-state index in [9.17, 15) is 0 Å². The maximum atomic E-state index is 6.25. The Bertz CT molecular complexity index is 967. The van der Waals surface area contributed by atoms with Crippen LogP contribution in [0.3, 0.4) is 0 Å². The predicted octanol–water partition coefficient (Wildman–Crippen LogP) is 1.18. The minimum atomic E-state index is 0.650. The normalized spacial score (nSPS) is 9.58. The quantitative estimate of drug-likeness (QED) is 0.431. The van der Waals surface area contributed by atoms with E-state index in [1.54, 1.807) is 0 Å². The van der Waals surface area contributed by atoms with Gasteiger partial charge >= 0.3 is 0 Å². The molecule has 0 saturated heterocycles. The van der Waals surface area contributed by atoms with Crippen LogP contribution in [0.5, 0.6) is 0 Å². The summed E-state index contributed by atoms with van der Waals surface area (Å²) in [4.78, 5) is 0. The second-order valence-corrected chi connectivity index (χ2v) is 5.94. The molecule has 114 valence electrons. The third-order valence-corrected chi connectivity index (χ3v) is 4.02. The van der Waals surface area contributed by atoms with Crippen molar-refractivity contribution in [1.82, 2.24) is 0 Å². The number of hydrogen-bond acceptors (Lipinski definition) is 0. The molecule has 0 saturated carbocycles. The Morgan fingerprint density at radius 1 is 0.538 bits per heavy atom. The zero-order chi connectivity index (χ0) is 18.5. The average molecular weight is 322 g/mol. The second-order valence-electron chi connectivity index (χ2n) is 5.94. The lowest BCUT2D eigenvalue weighted by atomic mass is 9.84. The summed E-state index contributed by atoms with van der Waals surface area (Å²) in [6, 6.07) is 18.7. The van der Waals surface area contributed by atoms with Gasteiger partial charge in [-0.2, -0.15) is 0 Å². The minimum absolute atomic E-state index is 0.650. The van der Waals surface area contributed by atoms with Crippen LogP contribution in [0.2, 0.25) is 0 Å². The van der Waals surface area contributed by atoms with Crippen molar-refractivity contribution in [3.8, 4) is 23.7 Å². The van der Waals surface area contributed by atoms with Gasteiger partial charge in [0, 0.05) is 22.3 Å². The van der Waals surface area contributed by atoms with E-state index < -0.39 is 0 Å². The van der Waals surface area contributed by atoms with E-state index in [1.165, 1.54) is 0 Å². The SMILES string of the molecule is [B]c1ccc(C#Cc2ccc(C#Cc3ccc([B])cc3)c(C)c2[B])cc1. The Morgan fingerprint density at radius 2 is 0.962 bits per heavy atom. The summed E-state index contributed by atoms with van der Waals surface area (Å²) in [5, 5.41) is 0. The van der Waals surface area contributed by atoms with Crippen LogP contribution in [-0.2, 0) is 0 Å². The molecule has 0 atom stereocenters. The molecule has 0 fully saturated rings. The maximum Gasteiger partial charge on any atom is 0.115 e. The molecule has 0 unspecified atom stereocenters. The zero-order valence-electron chi connectivity index (χ0n) is 14.5. The van der Waals surface area contributed by atoms with Crippen molar-refractivity contribution >= 4 is 39.9 Å². The molecule has 3 aromatic rings. The highest BCUT2D eigenvalue weighted by atomic mass is 14.0. The molecule has 0 N–H and O–H groups in total. The van der Waals surface area contributed by atoms with Crippen molar-refractivity contribution in [2.75, 3.05) is 0 Å². The largest absolute Gasteiger partial charge is 0.115 e. The lowest BCUT2D eigenvalue weighted by molar-refractivity contribution is 1.46. The molecule has 0 aliphatic heterocycles. The predicted molar refractivity (Wildman–Crippen MR) is 112 cm³/mol. The van der Waals surface area contributed by atoms with Gasteiger partial charge in [0.2, 0.25) is 0 Å². The highest BCUT2D eigenvalue weighted by Gasteiger charge is 2.02. The molecule has 0 spiro atoms. The third kappa shape index (κ3) is 4.33. The lowest BCUT2D eigenvalue weighted by Crippen LogP contribution is -2.13. The van der Waals surface area contributed by atoms with E-state index >= 15 is 0 Å². The summed E-state index contributed by atoms with van der Waals surface area (Å²) in [6.45, 7) is 1.96. The molecular formula is C23H13B3. The van der Waals surface area contributed by atoms with E-state index in [-0.39, 0.29) is 0 Å². The van der Waals surface area contributed by atoms with E-state index in [2.05, 4.69) is 23.7 Å². The van der Waals surface area contributed by atoms with Crippen LogP contribution in [0.1, 0.15) is 27.8 Å². The van der Waals surface area contributed by atoms with Crippen molar-refractivity contribution in [2.24, 2.45) is 0 Å². The van der Waals surface area contributed by atoms with Crippen molar-refractivity contribution in [3.05, 3.63) is 88.5 Å². The van der Waals surface area contributed by atoms with Crippen LogP contribution in [0.25, 0.3) is 0 Å². The summed E-state index contributed by atoms with van der Waals surface area (Å²) < 4.78 is 0. The Balaban J connectivity index is 1.87. The average Bonchev–Trinajstić information content (AvgIpc) is 2.65. The van der Waals surface area contributed by atoms with Crippen molar-refractivity contribution in [2.45, 2.75) is 6.92 Å². The van der Waals surface area contributed by atoms with Gasteiger partial charge < -0.3 is 0 Å². The molecule has 6 radical (unpaired) electrons. The van der Waals surface area contributed by atoms with Gasteiger partial charge in [0.05, 0.1) is 0 Å². The highest BCUT2D eigenvalue weighted by Crippen LogP contribution is 2.07. The van der Waals surface area contributed by atoms with Crippen LogP contribution in [0.4, 0.5) is 0 Å². The molecular weight excluding hydrogens is 309 g/mol. The topological polar surface area (TPSA) is 0 Å².